The molecule has 0 spiro atoms. The molecule has 0 saturated carbocycles. The first-order valence-electron chi connectivity index (χ1n) is 7.84. The van der Waals surface area contributed by atoms with Gasteiger partial charge >= 0.3 is 0 Å². The van der Waals surface area contributed by atoms with Gasteiger partial charge < -0.3 is 9.15 Å². The summed E-state index contributed by atoms with van der Waals surface area (Å²) in [6.07, 6.45) is 13.5. The zero-order valence-electron chi connectivity index (χ0n) is 14.2. The maximum Gasteiger partial charge on any atom is 0.163 e. The van der Waals surface area contributed by atoms with Crippen molar-refractivity contribution in [1.82, 2.24) is 19.7 Å². The fraction of sp³-hybridized carbons (Fsp3) is 0.111. The quantitative estimate of drug-likeness (QED) is 0.290. The molecule has 26 heavy (non-hydrogen) atoms. The molecule has 0 amide bonds. The number of fused-ring (bicyclic) bond motifs is 1. The Morgan fingerprint density at radius 1 is 1.46 bits per heavy atom. The molecule has 0 aliphatic carbocycles. The topological polar surface area (TPSA) is 90.4 Å². The first-order valence-corrected chi connectivity index (χ1v) is 7.84. The Balaban J connectivity index is 1.78. The molecule has 3 aromatic rings. The van der Waals surface area contributed by atoms with Crippen LogP contribution in [0.15, 0.2) is 77.1 Å². The molecule has 132 valence electrons. The highest BCUT2D eigenvalue weighted by molar-refractivity contribution is 5.86. The molecule has 0 fully saturated rings. The molecule has 0 aromatic carbocycles. The van der Waals surface area contributed by atoms with E-state index in [0.717, 1.165) is 5.39 Å². The van der Waals surface area contributed by atoms with Crippen LogP contribution in [-0.2, 0) is 11.3 Å². The van der Waals surface area contributed by atoms with E-state index in [1.54, 1.807) is 54.8 Å². The van der Waals surface area contributed by atoms with Crippen molar-refractivity contribution in [3.05, 3.63) is 73.3 Å². The number of rotatable bonds is 8. The van der Waals surface area contributed by atoms with Gasteiger partial charge in [0.25, 0.3) is 0 Å². The highest BCUT2D eigenvalue weighted by atomic mass is 16.5. The molecule has 8 nitrogen and oxygen atoms in total. The fourth-order valence-corrected chi connectivity index (χ4v) is 2.20. The third-order valence-electron chi connectivity index (χ3n) is 3.44. The molecule has 0 saturated heterocycles. The lowest BCUT2D eigenvalue weighted by atomic mass is 10.3. The molecule has 3 heterocycles. The molecule has 0 unspecified atom stereocenters. The van der Waals surface area contributed by atoms with Crippen molar-refractivity contribution in [2.45, 2.75) is 6.54 Å². The second kappa shape index (κ2) is 8.43. The zero-order chi connectivity index (χ0) is 18.2. The van der Waals surface area contributed by atoms with Gasteiger partial charge in [-0.2, -0.15) is 10.2 Å². The molecule has 0 radical (unpaired) electrons. The van der Waals surface area contributed by atoms with Crippen LogP contribution in [0.4, 0.5) is 5.82 Å². The molecule has 8 heteroatoms. The number of allylic oxidation sites excluding steroid dienone is 4. The molecule has 0 bridgehead atoms. The Labute approximate surface area is 150 Å². The van der Waals surface area contributed by atoms with Gasteiger partial charge in [0.15, 0.2) is 11.5 Å². The molecule has 0 aliphatic heterocycles. The van der Waals surface area contributed by atoms with Crippen molar-refractivity contribution in [1.29, 1.82) is 0 Å². The van der Waals surface area contributed by atoms with Gasteiger partial charge in [-0.1, -0.05) is 18.7 Å². The summed E-state index contributed by atoms with van der Waals surface area (Å²) in [7, 11) is 1.61. The van der Waals surface area contributed by atoms with Crippen LogP contribution in [-0.4, -0.2) is 33.1 Å². The minimum Gasteiger partial charge on any atom is -0.497 e. The predicted octanol–water partition coefficient (Wildman–Crippen LogP) is 3.14. The lowest BCUT2D eigenvalue weighted by Gasteiger charge is -2.03. The average Bonchev–Trinajstić information content (AvgIpc) is 3.32. The summed E-state index contributed by atoms with van der Waals surface area (Å²) >= 11 is 0. The standard InChI is InChI=1S/C18H18N6O2/c1-3-4-6-14(25-2)8-9-24-18-16(12-22-24)17(19-13-20-18)23-21-11-15-7-5-10-26-15/h3-8,10-13H,1,9H2,2H3,(H,19,20,23)/b6-4-,14-8+,21-11+. The molecule has 3 rings (SSSR count). The fourth-order valence-electron chi connectivity index (χ4n) is 2.20. The van der Waals surface area contributed by atoms with Crippen molar-refractivity contribution in [3.8, 4) is 0 Å². The lowest BCUT2D eigenvalue weighted by Crippen LogP contribution is -2.01. The van der Waals surface area contributed by atoms with Gasteiger partial charge in [-0.25, -0.2) is 14.6 Å². The number of hydrazone groups is 1. The van der Waals surface area contributed by atoms with Crippen molar-refractivity contribution in [3.63, 3.8) is 0 Å². The lowest BCUT2D eigenvalue weighted by molar-refractivity contribution is 0.304. The largest absolute Gasteiger partial charge is 0.497 e. The van der Waals surface area contributed by atoms with Gasteiger partial charge in [0, 0.05) is 0 Å². The third-order valence-corrected chi connectivity index (χ3v) is 3.44. The van der Waals surface area contributed by atoms with Gasteiger partial charge in [0.1, 0.15) is 17.8 Å². The Morgan fingerprint density at radius 3 is 3.15 bits per heavy atom. The monoisotopic (exact) mass is 350 g/mol. The van der Waals surface area contributed by atoms with Crippen LogP contribution < -0.4 is 5.43 Å². The van der Waals surface area contributed by atoms with Crippen LogP contribution in [0, 0.1) is 0 Å². The number of nitrogens with one attached hydrogen (secondary N) is 1. The number of furan rings is 1. The summed E-state index contributed by atoms with van der Waals surface area (Å²) in [6.45, 7) is 4.14. The van der Waals surface area contributed by atoms with Gasteiger partial charge in [-0.3, -0.25) is 5.43 Å². The van der Waals surface area contributed by atoms with Crippen molar-refractivity contribution < 1.29 is 9.15 Å². The van der Waals surface area contributed by atoms with E-state index in [1.807, 2.05) is 12.2 Å². The summed E-state index contributed by atoms with van der Waals surface area (Å²) in [5, 5.41) is 9.24. The van der Waals surface area contributed by atoms with E-state index in [-0.39, 0.29) is 0 Å². The van der Waals surface area contributed by atoms with Crippen LogP contribution >= 0.6 is 0 Å². The van der Waals surface area contributed by atoms with Crippen molar-refractivity contribution in [2.24, 2.45) is 5.10 Å². The number of nitrogens with zero attached hydrogens (tertiary/aromatic N) is 5. The van der Waals surface area contributed by atoms with E-state index in [1.165, 1.54) is 6.33 Å². The number of ether oxygens (including phenoxy) is 1. The Morgan fingerprint density at radius 2 is 2.38 bits per heavy atom. The van der Waals surface area contributed by atoms with E-state index in [2.05, 4.69) is 32.2 Å². The highest BCUT2D eigenvalue weighted by Crippen LogP contribution is 2.18. The summed E-state index contributed by atoms with van der Waals surface area (Å²) in [6, 6.07) is 3.60. The van der Waals surface area contributed by atoms with E-state index < -0.39 is 0 Å². The van der Waals surface area contributed by atoms with Gasteiger partial charge in [-0.15, -0.1) is 0 Å². The molecule has 3 aromatic heterocycles. The van der Waals surface area contributed by atoms with Crippen molar-refractivity contribution in [2.75, 3.05) is 12.5 Å². The molecule has 1 N–H and O–H groups in total. The predicted molar refractivity (Wildman–Crippen MR) is 99.7 cm³/mol. The Bertz CT molecular complexity index is 953. The van der Waals surface area contributed by atoms with Crippen molar-refractivity contribution >= 4 is 23.1 Å². The van der Waals surface area contributed by atoms with Crippen LogP contribution in [0.3, 0.4) is 0 Å². The minimum atomic E-state index is 0.500. The first-order chi connectivity index (χ1) is 12.8. The number of methoxy groups -OCH3 is 1. The number of aromatic nitrogens is 4. The molecular weight excluding hydrogens is 332 g/mol. The summed E-state index contributed by atoms with van der Waals surface area (Å²) in [5.74, 6) is 1.92. The maximum absolute atomic E-state index is 5.29. The normalized spacial score (nSPS) is 12.3. The summed E-state index contributed by atoms with van der Waals surface area (Å²) < 4.78 is 12.2. The number of hydrogen-bond donors (Lipinski definition) is 1. The molecule has 0 atom stereocenters. The van der Waals surface area contributed by atoms with E-state index in [4.69, 9.17) is 9.15 Å². The van der Waals surface area contributed by atoms with Crippen LogP contribution in [0.25, 0.3) is 11.0 Å². The smallest absolute Gasteiger partial charge is 0.163 e. The minimum absolute atomic E-state index is 0.500. The third kappa shape index (κ3) is 4.04. The molecule has 0 aliphatic rings. The van der Waals surface area contributed by atoms with Crippen LogP contribution in [0.2, 0.25) is 0 Å². The maximum atomic E-state index is 5.29. The van der Waals surface area contributed by atoms with Gasteiger partial charge in [-0.05, 0) is 24.3 Å². The van der Waals surface area contributed by atoms with Crippen LogP contribution in [0.5, 0.6) is 0 Å². The SMILES string of the molecule is C=C/C=C\C(=C/Cn1ncc2c(N/N=C/c3ccco3)ncnc21)OC. The van der Waals surface area contributed by atoms with E-state index >= 15 is 0 Å². The van der Waals surface area contributed by atoms with Gasteiger partial charge in [0.05, 0.1) is 37.7 Å². The summed E-state index contributed by atoms with van der Waals surface area (Å²) in [5.41, 5.74) is 3.58. The molecular formula is C18H18N6O2. The highest BCUT2D eigenvalue weighted by Gasteiger charge is 2.08. The Kier molecular flexibility index (Phi) is 5.56. The van der Waals surface area contributed by atoms with Crippen LogP contribution in [0.1, 0.15) is 5.76 Å². The second-order valence-electron chi connectivity index (χ2n) is 5.08. The summed E-state index contributed by atoms with van der Waals surface area (Å²) in [4.78, 5) is 8.51. The number of anilines is 1. The van der Waals surface area contributed by atoms with E-state index in [9.17, 15) is 0 Å². The number of hydrogen-bond acceptors (Lipinski definition) is 7. The average molecular weight is 350 g/mol. The first kappa shape index (κ1) is 17.2. The van der Waals surface area contributed by atoms with Gasteiger partial charge in [0.2, 0.25) is 0 Å². The Hall–Kier alpha value is -3.68. The second-order valence-corrected chi connectivity index (χ2v) is 5.08. The zero-order valence-corrected chi connectivity index (χ0v) is 14.2. The van der Waals surface area contributed by atoms with E-state index in [0.29, 0.717) is 29.5 Å².